The number of hydrogen-bond donors (Lipinski definition) is 2. The molecule has 1 aliphatic heterocycles. The van der Waals surface area contributed by atoms with Crippen molar-refractivity contribution in [3.05, 3.63) is 95.7 Å². The molecular formula is C31H38N4O2. The molecule has 0 spiro atoms. The minimum absolute atomic E-state index is 0.00887. The highest BCUT2D eigenvalue weighted by molar-refractivity contribution is 5.91. The van der Waals surface area contributed by atoms with Crippen LogP contribution in [0.25, 0.3) is 0 Å². The second-order valence-electron chi connectivity index (χ2n) is 10.1. The average molecular weight is 499 g/mol. The Labute approximate surface area is 220 Å². The van der Waals surface area contributed by atoms with Gasteiger partial charge in [-0.1, -0.05) is 80.6 Å². The van der Waals surface area contributed by atoms with E-state index in [1.54, 1.807) is 0 Å². The molecule has 3 aromatic rings. The lowest BCUT2D eigenvalue weighted by Crippen LogP contribution is -2.36. The number of anilines is 1. The van der Waals surface area contributed by atoms with Crippen molar-refractivity contribution in [3.8, 4) is 0 Å². The van der Waals surface area contributed by atoms with Crippen molar-refractivity contribution in [2.75, 3.05) is 31.5 Å². The highest BCUT2D eigenvalue weighted by Crippen LogP contribution is 2.28. The second kappa shape index (κ2) is 13.2. The molecule has 6 heteroatoms. The number of likely N-dealkylation sites (tertiary alicyclic amines) is 1. The van der Waals surface area contributed by atoms with Crippen LogP contribution >= 0.6 is 0 Å². The molecule has 0 aliphatic carbocycles. The van der Waals surface area contributed by atoms with E-state index in [2.05, 4.69) is 21.6 Å². The van der Waals surface area contributed by atoms with E-state index in [0.717, 1.165) is 55.7 Å². The van der Waals surface area contributed by atoms with Gasteiger partial charge in [-0.05, 0) is 62.2 Å². The third-order valence-corrected chi connectivity index (χ3v) is 7.03. The van der Waals surface area contributed by atoms with Crippen LogP contribution in [0.1, 0.15) is 61.8 Å². The predicted octanol–water partition coefficient (Wildman–Crippen LogP) is 5.19. The first-order valence-corrected chi connectivity index (χ1v) is 13.4. The van der Waals surface area contributed by atoms with Crippen LogP contribution in [0.2, 0.25) is 0 Å². The van der Waals surface area contributed by atoms with Gasteiger partial charge in [-0.15, -0.1) is 0 Å². The molecule has 1 aliphatic rings. The van der Waals surface area contributed by atoms with Gasteiger partial charge in [0.25, 0.3) is 0 Å². The number of carbonyl (C=O) groups is 2. The van der Waals surface area contributed by atoms with Crippen molar-refractivity contribution in [1.82, 2.24) is 15.2 Å². The minimum Gasteiger partial charge on any atom is -0.355 e. The summed E-state index contributed by atoms with van der Waals surface area (Å²) in [5.41, 5.74) is 3.07. The van der Waals surface area contributed by atoms with Crippen molar-refractivity contribution in [2.24, 2.45) is 5.92 Å². The molecule has 0 bridgehead atoms. The molecule has 2 aromatic carbocycles. The number of hydrogen-bond acceptors (Lipinski definition) is 4. The summed E-state index contributed by atoms with van der Waals surface area (Å²) in [6.45, 7) is 7.41. The van der Waals surface area contributed by atoms with E-state index >= 15 is 0 Å². The van der Waals surface area contributed by atoms with E-state index in [0.29, 0.717) is 18.3 Å². The van der Waals surface area contributed by atoms with Crippen LogP contribution in [0.3, 0.4) is 0 Å². The first-order valence-electron chi connectivity index (χ1n) is 13.4. The maximum atomic E-state index is 13.2. The summed E-state index contributed by atoms with van der Waals surface area (Å²) in [5, 5.41) is 6.08. The topological polar surface area (TPSA) is 74.3 Å². The van der Waals surface area contributed by atoms with Crippen LogP contribution in [0, 0.1) is 5.92 Å². The van der Waals surface area contributed by atoms with Gasteiger partial charge in [0, 0.05) is 24.1 Å². The summed E-state index contributed by atoms with van der Waals surface area (Å²) in [5.74, 6) is 0.716. The van der Waals surface area contributed by atoms with Crippen molar-refractivity contribution in [1.29, 1.82) is 0 Å². The Morgan fingerprint density at radius 1 is 0.865 bits per heavy atom. The molecule has 1 saturated heterocycles. The number of nitrogens with one attached hydrogen (secondary N) is 2. The molecule has 2 amide bonds. The molecule has 0 radical (unpaired) electrons. The Balaban J connectivity index is 1.23. The molecular weight excluding hydrogens is 460 g/mol. The summed E-state index contributed by atoms with van der Waals surface area (Å²) < 4.78 is 0. The lowest BCUT2D eigenvalue weighted by molar-refractivity contribution is -0.121. The third-order valence-electron chi connectivity index (χ3n) is 7.03. The molecule has 0 saturated carbocycles. The van der Waals surface area contributed by atoms with Crippen molar-refractivity contribution in [2.45, 2.75) is 44.9 Å². The Kier molecular flexibility index (Phi) is 9.44. The summed E-state index contributed by atoms with van der Waals surface area (Å²) in [7, 11) is 0. The zero-order valence-electron chi connectivity index (χ0n) is 21.9. The molecule has 0 atom stereocenters. The zero-order valence-corrected chi connectivity index (χ0v) is 21.9. The van der Waals surface area contributed by atoms with Crippen LogP contribution < -0.4 is 10.6 Å². The second-order valence-corrected chi connectivity index (χ2v) is 10.1. The molecule has 194 valence electrons. The third kappa shape index (κ3) is 7.49. The predicted molar refractivity (Wildman–Crippen MR) is 148 cm³/mol. The van der Waals surface area contributed by atoms with Crippen LogP contribution in [0.15, 0.2) is 78.9 Å². The molecule has 0 unspecified atom stereocenters. The fourth-order valence-electron chi connectivity index (χ4n) is 4.87. The fourth-order valence-corrected chi connectivity index (χ4v) is 4.87. The van der Waals surface area contributed by atoms with Gasteiger partial charge in [-0.2, -0.15) is 0 Å². The average Bonchev–Trinajstić information content (AvgIpc) is 2.93. The van der Waals surface area contributed by atoms with E-state index in [4.69, 9.17) is 4.98 Å². The van der Waals surface area contributed by atoms with Gasteiger partial charge in [-0.25, -0.2) is 4.98 Å². The highest BCUT2D eigenvalue weighted by atomic mass is 16.2. The summed E-state index contributed by atoms with van der Waals surface area (Å²) >= 11 is 0. The number of nitrogens with zero attached hydrogens (tertiary/aromatic N) is 2. The first kappa shape index (κ1) is 26.6. The van der Waals surface area contributed by atoms with Gasteiger partial charge < -0.3 is 15.5 Å². The van der Waals surface area contributed by atoms with Crippen molar-refractivity contribution in [3.63, 3.8) is 0 Å². The number of rotatable bonds is 10. The lowest BCUT2D eigenvalue weighted by Gasteiger charge is -2.31. The molecule has 6 nitrogen and oxygen atoms in total. The van der Waals surface area contributed by atoms with Crippen LogP contribution in [0.5, 0.6) is 0 Å². The number of piperidine rings is 1. The maximum absolute atomic E-state index is 13.2. The zero-order chi connectivity index (χ0) is 26.0. The van der Waals surface area contributed by atoms with Gasteiger partial charge in [0.05, 0.1) is 5.92 Å². The molecule has 2 heterocycles. The van der Waals surface area contributed by atoms with Crippen molar-refractivity contribution < 1.29 is 9.59 Å². The first-order chi connectivity index (χ1) is 18.0. The quantitative estimate of drug-likeness (QED) is 0.377. The van der Waals surface area contributed by atoms with Crippen LogP contribution in [-0.2, 0) is 9.59 Å². The van der Waals surface area contributed by atoms with Gasteiger partial charge >= 0.3 is 0 Å². The van der Waals surface area contributed by atoms with E-state index in [1.165, 1.54) is 0 Å². The van der Waals surface area contributed by atoms with E-state index in [-0.39, 0.29) is 23.7 Å². The Bertz CT molecular complexity index is 1100. The van der Waals surface area contributed by atoms with Crippen LogP contribution in [0.4, 0.5) is 5.82 Å². The van der Waals surface area contributed by atoms with E-state index in [1.807, 2.05) is 86.6 Å². The minimum atomic E-state index is -0.299. The Morgan fingerprint density at radius 3 is 2.08 bits per heavy atom. The molecule has 37 heavy (non-hydrogen) atoms. The van der Waals surface area contributed by atoms with Crippen LogP contribution in [-0.4, -0.2) is 47.9 Å². The molecule has 1 aromatic heterocycles. The van der Waals surface area contributed by atoms with Gasteiger partial charge in [-0.3, -0.25) is 9.59 Å². The Morgan fingerprint density at radius 2 is 1.49 bits per heavy atom. The number of amides is 2. The van der Waals surface area contributed by atoms with Gasteiger partial charge in [0.2, 0.25) is 11.8 Å². The molecule has 2 N–H and O–H groups in total. The fraction of sp³-hybridized carbons (Fsp3) is 0.387. The number of benzene rings is 2. The summed E-state index contributed by atoms with van der Waals surface area (Å²) in [6.07, 6.45) is 3.01. The van der Waals surface area contributed by atoms with Gasteiger partial charge in [0.1, 0.15) is 5.82 Å². The standard InChI is InChI=1S/C31H38N4O2/c1-23(2)30(36)34-28-16-9-15-27(33-28)24-17-21-35(22-18-24)20-10-19-32-31(37)29(25-11-5-3-6-12-25)26-13-7-4-8-14-26/h3-9,11-16,23-24,29H,10,17-22H2,1-2H3,(H,32,37)(H,33,34,36). The number of carbonyl (C=O) groups excluding carboxylic acids is 2. The molecule has 4 rings (SSSR count). The smallest absolute Gasteiger partial charge is 0.232 e. The largest absolute Gasteiger partial charge is 0.355 e. The SMILES string of the molecule is CC(C)C(=O)Nc1cccc(C2CCN(CCCNC(=O)C(c3ccccc3)c3ccccc3)CC2)n1. The maximum Gasteiger partial charge on any atom is 0.232 e. The van der Waals surface area contributed by atoms with E-state index in [9.17, 15) is 9.59 Å². The number of aromatic nitrogens is 1. The summed E-state index contributed by atoms with van der Waals surface area (Å²) in [4.78, 5) is 32.4. The summed E-state index contributed by atoms with van der Waals surface area (Å²) in [6, 6.07) is 25.9. The lowest BCUT2D eigenvalue weighted by atomic mass is 9.90. The number of pyridine rings is 1. The van der Waals surface area contributed by atoms with Crippen molar-refractivity contribution >= 4 is 17.6 Å². The Hall–Kier alpha value is -3.51. The highest BCUT2D eigenvalue weighted by Gasteiger charge is 2.24. The van der Waals surface area contributed by atoms with Gasteiger partial charge in [0.15, 0.2) is 0 Å². The van der Waals surface area contributed by atoms with E-state index < -0.39 is 0 Å². The molecule has 1 fully saturated rings. The normalized spacial score (nSPS) is 14.6. The monoisotopic (exact) mass is 498 g/mol.